The molecule has 0 fully saturated rings. The van der Waals surface area contributed by atoms with Gasteiger partial charge in [-0.2, -0.15) is 0 Å². The molecule has 0 N–H and O–H groups in total. The number of aromatic nitrogens is 2. The number of halogens is 1. The summed E-state index contributed by atoms with van der Waals surface area (Å²) >= 11 is 5.62. The Labute approximate surface area is 347 Å². The second-order valence-electron chi connectivity index (χ2n) is 15.1. The van der Waals surface area contributed by atoms with E-state index in [0.29, 0.717) is 0 Å². The van der Waals surface area contributed by atoms with Crippen molar-refractivity contribution >= 4 is 91.1 Å². The number of hydrogen-bond donors (Lipinski definition) is 0. The first-order chi connectivity index (χ1) is 28.6. The number of benzene rings is 9. The molecular formula is C54H33BrN2S. The number of thiophene rings is 1. The van der Waals surface area contributed by atoms with Crippen LogP contribution in [0.25, 0.3) is 109 Å². The molecule has 4 heteroatoms. The lowest BCUT2D eigenvalue weighted by molar-refractivity contribution is 1.18. The molecule has 3 aromatic heterocycles. The first-order valence-corrected chi connectivity index (χ1v) is 21.2. The van der Waals surface area contributed by atoms with Crippen molar-refractivity contribution in [2.45, 2.75) is 0 Å². The van der Waals surface area contributed by atoms with E-state index in [-0.39, 0.29) is 0 Å². The van der Waals surface area contributed by atoms with Gasteiger partial charge in [0.25, 0.3) is 0 Å². The molecule has 0 spiro atoms. The average Bonchev–Trinajstić information content (AvgIpc) is 3.93. The quantitative estimate of drug-likeness (QED) is 0.164. The van der Waals surface area contributed by atoms with Crippen molar-refractivity contribution < 1.29 is 0 Å². The zero-order chi connectivity index (χ0) is 38.3. The molecule has 0 saturated heterocycles. The Morgan fingerprint density at radius 1 is 0.293 bits per heavy atom. The zero-order valence-electron chi connectivity index (χ0n) is 31.2. The fourth-order valence-electron chi connectivity index (χ4n) is 9.09. The molecule has 0 aliphatic rings. The Hall–Kier alpha value is -6.72. The molecule has 0 amide bonds. The minimum atomic E-state index is 1.06. The summed E-state index contributed by atoms with van der Waals surface area (Å²) in [6, 6.07) is 73.6. The van der Waals surface area contributed by atoms with E-state index in [1.165, 1.54) is 103 Å². The van der Waals surface area contributed by atoms with E-state index in [9.17, 15) is 0 Å². The molecule has 0 atom stereocenters. The van der Waals surface area contributed by atoms with Gasteiger partial charge in [-0.05, 0) is 124 Å². The van der Waals surface area contributed by atoms with Crippen molar-refractivity contribution in [2.24, 2.45) is 0 Å². The van der Waals surface area contributed by atoms with Crippen LogP contribution in [0.4, 0.5) is 0 Å². The maximum atomic E-state index is 3.75. The summed E-state index contributed by atoms with van der Waals surface area (Å²) in [5, 5.41) is 7.64. The number of nitrogens with zero attached hydrogens (tertiary/aromatic N) is 2. The fourth-order valence-corrected chi connectivity index (χ4v) is 10.6. The number of hydrogen-bond acceptors (Lipinski definition) is 1. The van der Waals surface area contributed by atoms with E-state index < -0.39 is 0 Å². The molecule has 9 aromatic carbocycles. The van der Waals surface area contributed by atoms with E-state index in [1.807, 2.05) is 11.3 Å². The molecule has 0 aliphatic carbocycles. The molecule has 12 rings (SSSR count). The monoisotopic (exact) mass is 820 g/mol. The average molecular weight is 822 g/mol. The lowest BCUT2D eigenvalue weighted by Crippen LogP contribution is -1.93. The molecule has 0 unspecified atom stereocenters. The van der Waals surface area contributed by atoms with Crippen LogP contribution < -0.4 is 0 Å². The zero-order valence-corrected chi connectivity index (χ0v) is 33.6. The SMILES string of the molecule is Brc1cccc(-c2cc(-c3ccc4c(c3)c3ccccc3n4-c3ccc4c(c3)sc3ccccc34)cc(-c3ccc4c5ccccc5n(-c5ccccc5)c4c3)c2)c1. The summed E-state index contributed by atoms with van der Waals surface area (Å²) in [5.74, 6) is 0. The molecule has 58 heavy (non-hydrogen) atoms. The molecule has 2 nitrogen and oxygen atoms in total. The highest BCUT2D eigenvalue weighted by atomic mass is 79.9. The van der Waals surface area contributed by atoms with Gasteiger partial charge < -0.3 is 9.13 Å². The molecule has 0 aliphatic heterocycles. The van der Waals surface area contributed by atoms with Crippen LogP contribution in [0, 0.1) is 0 Å². The van der Waals surface area contributed by atoms with E-state index in [2.05, 4.69) is 225 Å². The summed E-state index contributed by atoms with van der Waals surface area (Å²) in [7, 11) is 0. The Kier molecular flexibility index (Phi) is 7.59. The third kappa shape index (κ3) is 5.30. The van der Waals surface area contributed by atoms with E-state index in [0.717, 1.165) is 10.2 Å². The van der Waals surface area contributed by atoms with Gasteiger partial charge in [-0.25, -0.2) is 0 Å². The Balaban J connectivity index is 1.05. The Morgan fingerprint density at radius 3 is 1.60 bits per heavy atom. The second-order valence-corrected chi connectivity index (χ2v) is 17.1. The summed E-state index contributed by atoms with van der Waals surface area (Å²) < 4.78 is 8.52. The molecule has 0 radical (unpaired) electrons. The molecule has 12 aromatic rings. The highest BCUT2D eigenvalue weighted by Crippen LogP contribution is 2.41. The van der Waals surface area contributed by atoms with Gasteiger partial charge in [-0.15, -0.1) is 11.3 Å². The van der Waals surface area contributed by atoms with Crippen LogP contribution in [0.1, 0.15) is 0 Å². The normalized spacial score (nSPS) is 11.9. The minimum absolute atomic E-state index is 1.06. The number of fused-ring (bicyclic) bond motifs is 9. The minimum Gasteiger partial charge on any atom is -0.309 e. The summed E-state index contributed by atoms with van der Waals surface area (Å²) in [6.07, 6.45) is 0. The molecule has 3 heterocycles. The largest absolute Gasteiger partial charge is 0.309 e. The number of rotatable bonds is 5. The molecule has 272 valence electrons. The Morgan fingerprint density at radius 2 is 0.845 bits per heavy atom. The predicted octanol–water partition coefficient (Wildman–Crippen LogP) is 16.0. The first-order valence-electron chi connectivity index (χ1n) is 19.6. The van der Waals surface area contributed by atoms with Crippen molar-refractivity contribution in [3.05, 3.63) is 205 Å². The van der Waals surface area contributed by atoms with Gasteiger partial charge in [0.05, 0.1) is 22.1 Å². The van der Waals surface area contributed by atoms with Crippen molar-refractivity contribution in [3.63, 3.8) is 0 Å². The highest BCUT2D eigenvalue weighted by Gasteiger charge is 2.17. The third-order valence-electron chi connectivity index (χ3n) is 11.7. The fraction of sp³-hybridized carbons (Fsp3) is 0. The van der Waals surface area contributed by atoms with Gasteiger partial charge in [0.15, 0.2) is 0 Å². The second kappa shape index (κ2) is 13.2. The molecule has 0 bridgehead atoms. The van der Waals surface area contributed by atoms with Gasteiger partial charge in [0.1, 0.15) is 0 Å². The first kappa shape index (κ1) is 33.4. The topological polar surface area (TPSA) is 9.86 Å². The smallest absolute Gasteiger partial charge is 0.0547 e. The van der Waals surface area contributed by atoms with Crippen molar-refractivity contribution in [3.8, 4) is 44.8 Å². The van der Waals surface area contributed by atoms with Gasteiger partial charge >= 0.3 is 0 Å². The third-order valence-corrected chi connectivity index (χ3v) is 13.4. The Bertz CT molecular complexity index is 3590. The van der Waals surface area contributed by atoms with Crippen LogP contribution in [0.2, 0.25) is 0 Å². The van der Waals surface area contributed by atoms with Gasteiger partial charge in [-0.1, -0.05) is 125 Å². The molecule has 0 saturated carbocycles. The maximum Gasteiger partial charge on any atom is 0.0547 e. The lowest BCUT2D eigenvalue weighted by atomic mass is 9.92. The van der Waals surface area contributed by atoms with Gasteiger partial charge in [-0.3, -0.25) is 0 Å². The van der Waals surface area contributed by atoms with Crippen molar-refractivity contribution in [2.75, 3.05) is 0 Å². The maximum absolute atomic E-state index is 3.75. The van der Waals surface area contributed by atoms with Crippen LogP contribution in [-0.2, 0) is 0 Å². The predicted molar refractivity (Wildman–Crippen MR) is 252 cm³/mol. The van der Waals surface area contributed by atoms with E-state index >= 15 is 0 Å². The van der Waals surface area contributed by atoms with Crippen LogP contribution in [0.15, 0.2) is 205 Å². The van der Waals surface area contributed by atoms with E-state index in [1.54, 1.807) is 0 Å². The summed E-state index contributed by atoms with van der Waals surface area (Å²) in [6.45, 7) is 0. The van der Waals surface area contributed by atoms with Crippen LogP contribution in [0.5, 0.6) is 0 Å². The lowest BCUT2D eigenvalue weighted by Gasteiger charge is -2.13. The van der Waals surface area contributed by atoms with Crippen LogP contribution in [-0.4, -0.2) is 9.13 Å². The summed E-state index contributed by atoms with van der Waals surface area (Å²) in [4.78, 5) is 0. The molecular weight excluding hydrogens is 789 g/mol. The number of para-hydroxylation sites is 3. The standard InChI is InChI=1S/C54H33BrN2S/c55-40-12-10-11-34(30-40)37-27-38(29-39(28-37)36-21-24-45-43-15-4-7-18-49(43)56(52(45)32-36)41-13-2-1-3-14-41)35-22-26-51-48(31-35)44-16-5-8-19-50(44)57(51)42-23-25-47-46-17-6-9-20-53(46)58-54(47)33-42/h1-33H. The summed E-state index contributed by atoms with van der Waals surface area (Å²) in [5.41, 5.74) is 14.2. The van der Waals surface area contributed by atoms with Crippen LogP contribution in [0.3, 0.4) is 0 Å². The van der Waals surface area contributed by atoms with Gasteiger partial charge in [0, 0.05) is 57.6 Å². The van der Waals surface area contributed by atoms with Gasteiger partial charge in [0.2, 0.25) is 0 Å². The van der Waals surface area contributed by atoms with Crippen LogP contribution >= 0.6 is 27.3 Å². The van der Waals surface area contributed by atoms with Crippen molar-refractivity contribution in [1.82, 2.24) is 9.13 Å². The van der Waals surface area contributed by atoms with E-state index in [4.69, 9.17) is 0 Å². The van der Waals surface area contributed by atoms with Crippen molar-refractivity contribution in [1.29, 1.82) is 0 Å². The highest BCUT2D eigenvalue weighted by molar-refractivity contribution is 9.10.